The molecular formula is C24H26N2. The fraction of sp³-hybridized carbons (Fsp3) is 0.250. The van der Waals surface area contributed by atoms with Crippen molar-refractivity contribution in [2.45, 2.75) is 18.5 Å². The molecule has 0 saturated carbocycles. The van der Waals surface area contributed by atoms with Gasteiger partial charge in [-0.2, -0.15) is 0 Å². The molecule has 1 unspecified atom stereocenters. The maximum Gasteiger partial charge on any atom is 0.0976 e. The molecule has 0 radical (unpaired) electrons. The van der Waals surface area contributed by atoms with Crippen molar-refractivity contribution in [3.05, 3.63) is 108 Å². The van der Waals surface area contributed by atoms with Gasteiger partial charge >= 0.3 is 0 Å². The molecule has 1 heterocycles. The second-order valence-corrected chi connectivity index (χ2v) is 7.06. The zero-order valence-corrected chi connectivity index (χ0v) is 15.3. The summed E-state index contributed by atoms with van der Waals surface area (Å²) in [7, 11) is 0. The Hall–Kier alpha value is -2.42. The Morgan fingerprint density at radius 1 is 0.731 bits per heavy atom. The van der Waals surface area contributed by atoms with Gasteiger partial charge in [0, 0.05) is 25.7 Å². The third-order valence-electron chi connectivity index (χ3n) is 5.51. The van der Waals surface area contributed by atoms with Crippen LogP contribution in [-0.4, -0.2) is 30.6 Å². The van der Waals surface area contributed by atoms with Crippen LogP contribution in [0.4, 0.5) is 0 Å². The highest BCUT2D eigenvalue weighted by Gasteiger charge is 2.44. The lowest BCUT2D eigenvalue weighted by Crippen LogP contribution is -2.59. The van der Waals surface area contributed by atoms with Crippen molar-refractivity contribution in [3.8, 4) is 0 Å². The predicted molar refractivity (Wildman–Crippen MR) is 108 cm³/mol. The number of benzene rings is 3. The van der Waals surface area contributed by atoms with Crippen LogP contribution < -0.4 is 5.32 Å². The third kappa shape index (κ3) is 2.86. The van der Waals surface area contributed by atoms with Gasteiger partial charge in [-0.05, 0) is 23.6 Å². The Morgan fingerprint density at radius 3 is 1.54 bits per heavy atom. The summed E-state index contributed by atoms with van der Waals surface area (Å²) in [6.45, 7) is 5.36. The van der Waals surface area contributed by atoms with Gasteiger partial charge in [-0.1, -0.05) is 91.0 Å². The number of hydrogen-bond donors (Lipinski definition) is 1. The van der Waals surface area contributed by atoms with Crippen LogP contribution in [0.5, 0.6) is 0 Å². The molecule has 4 rings (SSSR count). The summed E-state index contributed by atoms with van der Waals surface area (Å²) >= 11 is 0. The average molecular weight is 342 g/mol. The van der Waals surface area contributed by atoms with Crippen LogP contribution in [0.1, 0.15) is 23.6 Å². The fourth-order valence-corrected chi connectivity index (χ4v) is 4.37. The molecule has 2 nitrogen and oxygen atoms in total. The summed E-state index contributed by atoms with van der Waals surface area (Å²) in [5.74, 6) is 0. The minimum Gasteiger partial charge on any atom is -0.314 e. The summed E-state index contributed by atoms with van der Waals surface area (Å²) in [5.41, 5.74) is 3.69. The first-order valence-electron chi connectivity index (χ1n) is 9.47. The van der Waals surface area contributed by atoms with Crippen LogP contribution >= 0.6 is 0 Å². The molecule has 3 aromatic rings. The number of piperazine rings is 1. The number of nitrogens with zero attached hydrogens (tertiary/aromatic N) is 1. The molecule has 132 valence electrons. The minimum absolute atomic E-state index is 0.286. The zero-order valence-electron chi connectivity index (χ0n) is 15.3. The predicted octanol–water partition coefficient (Wildman–Crippen LogP) is 4.27. The zero-order chi connectivity index (χ0) is 17.8. The number of hydrogen-bond acceptors (Lipinski definition) is 2. The lowest BCUT2D eigenvalue weighted by Gasteiger charge is -2.50. The molecule has 1 fully saturated rings. The lowest BCUT2D eigenvalue weighted by molar-refractivity contribution is 0.0846. The van der Waals surface area contributed by atoms with Crippen LogP contribution in [0.15, 0.2) is 91.0 Å². The first-order valence-corrected chi connectivity index (χ1v) is 9.47. The van der Waals surface area contributed by atoms with E-state index in [-0.39, 0.29) is 5.54 Å². The van der Waals surface area contributed by atoms with Crippen LogP contribution in [-0.2, 0) is 5.54 Å². The van der Waals surface area contributed by atoms with Gasteiger partial charge < -0.3 is 5.32 Å². The molecular weight excluding hydrogens is 316 g/mol. The van der Waals surface area contributed by atoms with Crippen molar-refractivity contribution in [2.24, 2.45) is 0 Å². The molecule has 1 N–H and O–H groups in total. The van der Waals surface area contributed by atoms with Gasteiger partial charge in [0.05, 0.1) is 5.54 Å². The van der Waals surface area contributed by atoms with E-state index in [1.165, 1.54) is 16.7 Å². The molecule has 0 aromatic heterocycles. The van der Waals surface area contributed by atoms with Gasteiger partial charge in [0.1, 0.15) is 0 Å². The van der Waals surface area contributed by atoms with E-state index in [0.717, 1.165) is 19.6 Å². The van der Waals surface area contributed by atoms with Crippen molar-refractivity contribution < 1.29 is 0 Å². The monoisotopic (exact) mass is 342 g/mol. The quantitative estimate of drug-likeness (QED) is 0.712. The Balaban J connectivity index is 2.03. The molecule has 1 saturated heterocycles. The molecule has 1 atom stereocenters. The van der Waals surface area contributed by atoms with Crippen LogP contribution in [0.25, 0.3) is 0 Å². The first kappa shape index (κ1) is 17.0. The van der Waals surface area contributed by atoms with Crippen molar-refractivity contribution in [1.29, 1.82) is 0 Å². The molecule has 2 heteroatoms. The molecule has 3 aromatic carbocycles. The highest BCUT2D eigenvalue weighted by molar-refractivity contribution is 5.50. The van der Waals surface area contributed by atoms with Gasteiger partial charge in [-0.15, -0.1) is 0 Å². The van der Waals surface area contributed by atoms with Crippen molar-refractivity contribution in [1.82, 2.24) is 10.2 Å². The van der Waals surface area contributed by atoms with Crippen molar-refractivity contribution >= 4 is 0 Å². The fourth-order valence-electron chi connectivity index (χ4n) is 4.37. The number of nitrogens with one attached hydrogen (secondary N) is 1. The Kier molecular flexibility index (Phi) is 4.87. The van der Waals surface area contributed by atoms with E-state index < -0.39 is 0 Å². The smallest absolute Gasteiger partial charge is 0.0976 e. The lowest BCUT2D eigenvalue weighted by atomic mass is 9.74. The Morgan fingerprint density at radius 2 is 1.15 bits per heavy atom. The second kappa shape index (κ2) is 7.45. The van der Waals surface area contributed by atoms with Gasteiger partial charge in [0.25, 0.3) is 0 Å². The largest absolute Gasteiger partial charge is 0.314 e. The van der Waals surface area contributed by atoms with Gasteiger partial charge in [-0.3, -0.25) is 4.90 Å². The van der Waals surface area contributed by atoms with E-state index in [2.05, 4.69) is 108 Å². The normalized spacial score (nSPS) is 18.6. The third-order valence-corrected chi connectivity index (χ3v) is 5.51. The SMILES string of the molecule is CC1CNCCN1C(c1ccccc1)(c1ccccc1)c1ccccc1. The molecule has 0 amide bonds. The van der Waals surface area contributed by atoms with Gasteiger partial charge in [0.15, 0.2) is 0 Å². The Bertz CT molecular complexity index is 718. The molecule has 1 aliphatic rings. The highest BCUT2D eigenvalue weighted by atomic mass is 15.3. The standard InChI is InChI=1S/C24H26N2/c1-20-19-25-17-18-26(20)24(21-11-5-2-6-12-21,22-13-7-3-8-14-22)23-15-9-4-10-16-23/h2-16,20,25H,17-19H2,1H3. The minimum atomic E-state index is -0.286. The van der Waals surface area contributed by atoms with Crippen LogP contribution in [0, 0.1) is 0 Å². The van der Waals surface area contributed by atoms with E-state index in [1.54, 1.807) is 0 Å². The molecule has 0 spiro atoms. The van der Waals surface area contributed by atoms with E-state index >= 15 is 0 Å². The van der Waals surface area contributed by atoms with E-state index in [1.807, 2.05) is 0 Å². The van der Waals surface area contributed by atoms with E-state index in [0.29, 0.717) is 6.04 Å². The first-order chi connectivity index (χ1) is 12.8. The van der Waals surface area contributed by atoms with Crippen molar-refractivity contribution in [3.63, 3.8) is 0 Å². The summed E-state index contributed by atoms with van der Waals surface area (Å²) < 4.78 is 0. The summed E-state index contributed by atoms with van der Waals surface area (Å²) in [6, 6.07) is 33.3. The van der Waals surface area contributed by atoms with Crippen LogP contribution in [0.3, 0.4) is 0 Å². The van der Waals surface area contributed by atoms with E-state index in [4.69, 9.17) is 0 Å². The van der Waals surface area contributed by atoms with Gasteiger partial charge in [0.2, 0.25) is 0 Å². The summed E-state index contributed by atoms with van der Waals surface area (Å²) in [6.07, 6.45) is 0. The topological polar surface area (TPSA) is 15.3 Å². The molecule has 26 heavy (non-hydrogen) atoms. The summed E-state index contributed by atoms with van der Waals surface area (Å²) in [4.78, 5) is 2.67. The molecule has 0 aliphatic carbocycles. The maximum absolute atomic E-state index is 3.55. The highest BCUT2D eigenvalue weighted by Crippen LogP contribution is 2.43. The average Bonchev–Trinajstić information content (AvgIpc) is 2.72. The second-order valence-electron chi connectivity index (χ2n) is 7.06. The van der Waals surface area contributed by atoms with E-state index in [9.17, 15) is 0 Å². The molecule has 1 aliphatic heterocycles. The summed E-state index contributed by atoms with van der Waals surface area (Å²) in [5, 5.41) is 3.55. The van der Waals surface area contributed by atoms with Crippen molar-refractivity contribution in [2.75, 3.05) is 19.6 Å². The van der Waals surface area contributed by atoms with Gasteiger partial charge in [-0.25, -0.2) is 0 Å². The maximum atomic E-state index is 3.55. The van der Waals surface area contributed by atoms with Crippen LogP contribution in [0.2, 0.25) is 0 Å². The number of rotatable bonds is 4. The molecule has 0 bridgehead atoms. The Labute approximate surface area is 156 Å².